The van der Waals surface area contributed by atoms with Crippen LogP contribution in [0.15, 0.2) is 73.5 Å². The highest BCUT2D eigenvalue weighted by atomic mass is 32.2. The first-order chi connectivity index (χ1) is 21.7. The molecule has 0 amide bonds. The van der Waals surface area contributed by atoms with E-state index in [9.17, 15) is 4.39 Å². The van der Waals surface area contributed by atoms with Crippen LogP contribution in [-0.2, 0) is 6.54 Å². The summed E-state index contributed by atoms with van der Waals surface area (Å²) < 4.78 is 18.0. The monoisotopic (exact) mass is 619 g/mol. The van der Waals surface area contributed by atoms with Gasteiger partial charge < -0.3 is 10.3 Å². The van der Waals surface area contributed by atoms with Crippen molar-refractivity contribution < 1.29 is 4.39 Å². The van der Waals surface area contributed by atoms with Gasteiger partial charge in [0.25, 0.3) is 0 Å². The van der Waals surface area contributed by atoms with E-state index in [4.69, 9.17) is 9.97 Å². The standard InChI is InChI=1S/C34H34FN9S/c1-20(22-7-5-6-8-22)39-26-14-24(16-36-17-26)28-9-10-29-32(40-28)33(44-43-29)34-41-30-19-37-18-27(31(30)42-34)23-11-21(12-25(35)13-23)15-38-45(2,3)4/h9-14,16-19,22,38-39H,1-3,5-8,15H2,4H3,(H,41,42)(H,43,44). The normalized spacial score (nSPS) is 14.0. The van der Waals surface area contributed by atoms with Crippen molar-refractivity contribution in [3.8, 4) is 33.9 Å². The Morgan fingerprint density at radius 2 is 1.78 bits per heavy atom. The maximum absolute atomic E-state index is 14.7. The summed E-state index contributed by atoms with van der Waals surface area (Å²) >= 11 is 0. The summed E-state index contributed by atoms with van der Waals surface area (Å²) in [5, 5.41) is 11.1. The summed E-state index contributed by atoms with van der Waals surface area (Å²) in [6.45, 7) is 4.73. The molecular weight excluding hydrogens is 586 g/mol. The predicted octanol–water partition coefficient (Wildman–Crippen LogP) is 7.18. The SMILES string of the molecule is C=C(Nc1cncc(-c2ccc3[nH]nc(-c4nc5c(-c6cc(F)cc(CNS(=C)(=C)C)c6)cncc5[nH]4)c3n2)c1)C1CCCC1. The van der Waals surface area contributed by atoms with Gasteiger partial charge in [0, 0.05) is 35.8 Å². The number of hydrogen-bond acceptors (Lipinski definition) is 7. The first-order valence-electron chi connectivity index (χ1n) is 14.8. The molecule has 1 fully saturated rings. The van der Waals surface area contributed by atoms with Crippen molar-refractivity contribution in [1.29, 1.82) is 0 Å². The van der Waals surface area contributed by atoms with Crippen molar-refractivity contribution in [3.63, 3.8) is 0 Å². The Labute approximate surface area is 261 Å². The second-order valence-electron chi connectivity index (χ2n) is 11.9. The third kappa shape index (κ3) is 6.09. The molecule has 11 heteroatoms. The van der Waals surface area contributed by atoms with Gasteiger partial charge in [0.2, 0.25) is 0 Å². The fourth-order valence-corrected chi connectivity index (χ4v) is 6.37. The highest BCUT2D eigenvalue weighted by molar-refractivity contribution is 8.25. The number of H-pyrrole nitrogens is 2. The van der Waals surface area contributed by atoms with Crippen molar-refractivity contribution in [1.82, 2.24) is 39.8 Å². The average molecular weight is 620 g/mol. The lowest BCUT2D eigenvalue weighted by molar-refractivity contribution is 0.625. The first kappa shape index (κ1) is 28.9. The molecule has 0 radical (unpaired) electrons. The predicted molar refractivity (Wildman–Crippen MR) is 185 cm³/mol. The summed E-state index contributed by atoms with van der Waals surface area (Å²) in [4.78, 5) is 22.1. The van der Waals surface area contributed by atoms with Gasteiger partial charge >= 0.3 is 0 Å². The molecule has 7 rings (SSSR count). The van der Waals surface area contributed by atoms with E-state index < -0.39 is 9.39 Å². The number of nitrogens with one attached hydrogen (secondary N) is 4. The molecule has 1 aliphatic rings. The summed E-state index contributed by atoms with van der Waals surface area (Å²) in [5.41, 5.74) is 9.11. The lowest BCUT2D eigenvalue weighted by Gasteiger charge is -2.15. The van der Waals surface area contributed by atoms with Crippen LogP contribution in [0.25, 0.3) is 56.0 Å². The van der Waals surface area contributed by atoms with Gasteiger partial charge in [0.05, 0.1) is 40.3 Å². The molecule has 0 saturated heterocycles. The summed E-state index contributed by atoms with van der Waals surface area (Å²) in [7, 11) is -1.45. The van der Waals surface area contributed by atoms with Gasteiger partial charge in [-0.1, -0.05) is 31.2 Å². The molecule has 5 heterocycles. The maximum Gasteiger partial charge on any atom is 0.161 e. The van der Waals surface area contributed by atoms with Crippen LogP contribution in [-0.4, -0.2) is 53.1 Å². The van der Waals surface area contributed by atoms with Crippen LogP contribution in [0.1, 0.15) is 31.2 Å². The summed E-state index contributed by atoms with van der Waals surface area (Å²) in [6, 6.07) is 10.9. The molecule has 1 aromatic carbocycles. The molecular formula is C34H34FN9S. The molecule has 0 bridgehead atoms. The Morgan fingerprint density at radius 3 is 2.60 bits per heavy atom. The van der Waals surface area contributed by atoms with Crippen LogP contribution in [0, 0.1) is 11.7 Å². The van der Waals surface area contributed by atoms with E-state index in [-0.39, 0.29) is 5.82 Å². The molecule has 0 unspecified atom stereocenters. The summed E-state index contributed by atoms with van der Waals surface area (Å²) in [6.07, 6.45) is 13.8. The third-order valence-electron chi connectivity index (χ3n) is 8.11. The lowest BCUT2D eigenvalue weighted by atomic mass is 10.0. The van der Waals surface area contributed by atoms with Gasteiger partial charge in [-0.15, -0.1) is 0 Å². The average Bonchev–Trinajstić information content (AvgIpc) is 3.79. The second kappa shape index (κ2) is 11.6. The zero-order valence-corrected chi connectivity index (χ0v) is 25.8. The minimum atomic E-state index is -1.45. The minimum absolute atomic E-state index is 0.339. The molecule has 5 aromatic heterocycles. The van der Waals surface area contributed by atoms with E-state index in [1.165, 1.54) is 37.8 Å². The maximum atomic E-state index is 14.7. The van der Waals surface area contributed by atoms with Crippen molar-refractivity contribution in [3.05, 3.63) is 84.8 Å². The molecule has 0 atom stereocenters. The van der Waals surface area contributed by atoms with Gasteiger partial charge in [-0.25, -0.2) is 14.4 Å². The van der Waals surface area contributed by atoms with Crippen LogP contribution >= 0.6 is 9.39 Å². The van der Waals surface area contributed by atoms with Crippen molar-refractivity contribution in [2.75, 3.05) is 11.6 Å². The number of allylic oxidation sites excluding steroid dienone is 1. The largest absolute Gasteiger partial charge is 0.358 e. The van der Waals surface area contributed by atoms with E-state index in [2.05, 4.69) is 53.5 Å². The Balaban J connectivity index is 1.22. The quantitative estimate of drug-likeness (QED) is 0.127. The molecule has 4 N–H and O–H groups in total. The van der Waals surface area contributed by atoms with Crippen LogP contribution in [0.5, 0.6) is 0 Å². The van der Waals surface area contributed by atoms with E-state index in [0.29, 0.717) is 51.7 Å². The number of rotatable bonds is 9. The number of halogens is 1. The highest BCUT2D eigenvalue weighted by Gasteiger charge is 2.20. The van der Waals surface area contributed by atoms with Crippen LogP contribution in [0.2, 0.25) is 0 Å². The Bertz CT molecular complexity index is 2180. The second-order valence-corrected chi connectivity index (χ2v) is 14.7. The number of aromatic nitrogens is 7. The molecule has 0 spiro atoms. The number of pyridine rings is 3. The topological polar surface area (TPSA) is 120 Å². The highest BCUT2D eigenvalue weighted by Crippen LogP contribution is 2.34. The molecule has 1 aliphatic carbocycles. The summed E-state index contributed by atoms with van der Waals surface area (Å²) in [5.74, 6) is 8.79. The Kier molecular flexibility index (Phi) is 7.42. The van der Waals surface area contributed by atoms with Crippen molar-refractivity contribution in [2.45, 2.75) is 32.2 Å². The van der Waals surface area contributed by atoms with Crippen molar-refractivity contribution >= 4 is 48.9 Å². The smallest absolute Gasteiger partial charge is 0.161 e. The fourth-order valence-electron chi connectivity index (χ4n) is 5.86. The minimum Gasteiger partial charge on any atom is -0.358 e. The van der Waals surface area contributed by atoms with Crippen LogP contribution < -0.4 is 10.0 Å². The van der Waals surface area contributed by atoms with E-state index in [0.717, 1.165) is 33.7 Å². The number of anilines is 1. The fraction of sp³-hybridized carbons (Fsp3) is 0.206. The van der Waals surface area contributed by atoms with Gasteiger partial charge in [0.1, 0.15) is 11.3 Å². The Hall–Kier alpha value is -4.87. The number of imidazole rings is 1. The van der Waals surface area contributed by atoms with Gasteiger partial charge in [0.15, 0.2) is 11.5 Å². The molecule has 6 aromatic rings. The number of aromatic amines is 2. The molecule has 9 nitrogen and oxygen atoms in total. The van der Waals surface area contributed by atoms with Crippen molar-refractivity contribution in [2.24, 2.45) is 5.92 Å². The van der Waals surface area contributed by atoms with Gasteiger partial charge in [-0.3, -0.25) is 19.8 Å². The van der Waals surface area contributed by atoms with Crippen LogP contribution in [0.4, 0.5) is 10.1 Å². The van der Waals surface area contributed by atoms with E-state index in [1.54, 1.807) is 18.6 Å². The molecule has 228 valence electrons. The molecule has 45 heavy (non-hydrogen) atoms. The Morgan fingerprint density at radius 1 is 0.956 bits per heavy atom. The number of hydrogen-bond donors (Lipinski definition) is 4. The van der Waals surface area contributed by atoms with Gasteiger partial charge in [-0.05, 0) is 72.5 Å². The number of fused-ring (bicyclic) bond motifs is 2. The van der Waals surface area contributed by atoms with Crippen LogP contribution in [0.3, 0.4) is 0 Å². The third-order valence-corrected chi connectivity index (χ3v) is 8.95. The number of benzene rings is 1. The molecule has 0 aliphatic heterocycles. The van der Waals surface area contributed by atoms with Gasteiger partial charge in [-0.2, -0.15) is 14.5 Å². The molecule has 1 saturated carbocycles. The number of nitrogens with zero attached hydrogens (tertiary/aromatic N) is 5. The van der Waals surface area contributed by atoms with E-state index in [1.807, 2.05) is 36.7 Å². The van der Waals surface area contributed by atoms with E-state index >= 15 is 0 Å². The lowest BCUT2D eigenvalue weighted by Crippen LogP contribution is -2.08. The zero-order valence-electron chi connectivity index (χ0n) is 25.0. The zero-order chi connectivity index (χ0) is 31.1. The first-order valence-corrected chi connectivity index (χ1v) is 17.2.